The fourth-order valence-electron chi connectivity index (χ4n) is 1.50. The molecule has 0 aromatic heterocycles. The molecule has 0 saturated heterocycles. The lowest BCUT2D eigenvalue weighted by molar-refractivity contribution is -0.118. The molecule has 0 unspecified atom stereocenters. The highest BCUT2D eigenvalue weighted by Gasteiger charge is 2.25. The number of carboxylic acid groups (broad SMARTS) is 1. The van der Waals surface area contributed by atoms with Crippen LogP contribution in [0.3, 0.4) is 0 Å². The van der Waals surface area contributed by atoms with Crippen LogP contribution in [0.15, 0.2) is 27.6 Å². The molecule has 0 aliphatic rings. The molecular formula is C12H14BrNO5S. The molecule has 8 heteroatoms. The van der Waals surface area contributed by atoms with Crippen LogP contribution in [0.1, 0.15) is 23.7 Å². The van der Waals surface area contributed by atoms with Crippen molar-refractivity contribution < 1.29 is 23.1 Å². The number of carbonyl (C=O) groups is 2. The van der Waals surface area contributed by atoms with Crippen molar-refractivity contribution in [1.82, 2.24) is 5.32 Å². The van der Waals surface area contributed by atoms with Gasteiger partial charge in [0.1, 0.15) is 5.75 Å². The van der Waals surface area contributed by atoms with Crippen molar-refractivity contribution in [3.05, 3.63) is 28.2 Å². The molecule has 0 saturated carbocycles. The number of sulfone groups is 1. The molecular weight excluding hydrogens is 350 g/mol. The van der Waals surface area contributed by atoms with Crippen molar-refractivity contribution in [2.24, 2.45) is 0 Å². The van der Waals surface area contributed by atoms with Crippen molar-refractivity contribution in [3.8, 4) is 0 Å². The SMILES string of the molecule is CCCNC(=O)CS(=O)(=O)c1cc(Br)ccc1C(=O)O. The van der Waals surface area contributed by atoms with E-state index in [1.165, 1.54) is 18.2 Å². The highest BCUT2D eigenvalue weighted by molar-refractivity contribution is 9.10. The zero-order valence-corrected chi connectivity index (χ0v) is 13.1. The molecule has 1 aromatic rings. The largest absolute Gasteiger partial charge is 0.478 e. The summed E-state index contributed by atoms with van der Waals surface area (Å²) < 4.78 is 24.7. The molecule has 1 rings (SSSR count). The van der Waals surface area contributed by atoms with E-state index < -0.39 is 27.5 Å². The van der Waals surface area contributed by atoms with E-state index >= 15 is 0 Å². The van der Waals surface area contributed by atoms with Crippen LogP contribution in [-0.4, -0.2) is 37.7 Å². The number of rotatable bonds is 6. The Morgan fingerprint density at radius 3 is 2.55 bits per heavy atom. The molecule has 0 spiro atoms. The summed E-state index contributed by atoms with van der Waals surface area (Å²) in [4.78, 5) is 22.2. The van der Waals surface area contributed by atoms with Crippen LogP contribution in [-0.2, 0) is 14.6 Å². The van der Waals surface area contributed by atoms with Crippen molar-refractivity contribution in [2.45, 2.75) is 18.2 Å². The molecule has 0 bridgehead atoms. The van der Waals surface area contributed by atoms with Gasteiger partial charge in [0, 0.05) is 11.0 Å². The molecule has 6 nitrogen and oxygen atoms in total. The first-order valence-corrected chi connectivity index (χ1v) is 8.24. The van der Waals surface area contributed by atoms with Gasteiger partial charge < -0.3 is 10.4 Å². The molecule has 0 heterocycles. The third kappa shape index (κ3) is 4.31. The Labute approximate surface area is 125 Å². The molecule has 0 radical (unpaired) electrons. The average Bonchev–Trinajstić information content (AvgIpc) is 2.35. The van der Waals surface area contributed by atoms with E-state index in [4.69, 9.17) is 5.11 Å². The second-order valence-corrected chi connectivity index (χ2v) is 6.93. The summed E-state index contributed by atoms with van der Waals surface area (Å²) in [5.41, 5.74) is -0.350. The number of hydrogen-bond acceptors (Lipinski definition) is 4. The summed E-state index contributed by atoms with van der Waals surface area (Å²) in [6, 6.07) is 3.80. The fourth-order valence-corrected chi connectivity index (χ4v) is 3.41. The van der Waals surface area contributed by atoms with Crippen LogP contribution in [0, 0.1) is 0 Å². The van der Waals surface area contributed by atoms with Crippen molar-refractivity contribution in [2.75, 3.05) is 12.3 Å². The Balaban J connectivity index is 3.12. The smallest absolute Gasteiger partial charge is 0.337 e. The van der Waals surface area contributed by atoms with Crippen LogP contribution in [0.4, 0.5) is 0 Å². The van der Waals surface area contributed by atoms with Gasteiger partial charge in [-0.15, -0.1) is 0 Å². The number of hydrogen-bond donors (Lipinski definition) is 2. The maximum atomic E-state index is 12.1. The first kappa shape index (κ1) is 16.6. The van der Waals surface area contributed by atoms with E-state index in [9.17, 15) is 18.0 Å². The van der Waals surface area contributed by atoms with Gasteiger partial charge in [-0.1, -0.05) is 22.9 Å². The van der Waals surface area contributed by atoms with Gasteiger partial charge in [-0.2, -0.15) is 0 Å². The van der Waals surface area contributed by atoms with Gasteiger partial charge in [-0.3, -0.25) is 4.79 Å². The van der Waals surface area contributed by atoms with Gasteiger partial charge in [0.05, 0.1) is 10.5 Å². The number of amides is 1. The van der Waals surface area contributed by atoms with Crippen molar-refractivity contribution in [3.63, 3.8) is 0 Å². The lowest BCUT2D eigenvalue weighted by atomic mass is 10.2. The molecule has 0 aliphatic heterocycles. The highest BCUT2D eigenvalue weighted by atomic mass is 79.9. The molecule has 0 atom stereocenters. The number of benzene rings is 1. The summed E-state index contributed by atoms with van der Waals surface area (Å²) in [6.07, 6.45) is 0.684. The van der Waals surface area contributed by atoms with Gasteiger partial charge in [0.25, 0.3) is 0 Å². The first-order valence-electron chi connectivity index (χ1n) is 5.80. The molecule has 2 N–H and O–H groups in total. The van der Waals surface area contributed by atoms with E-state index in [2.05, 4.69) is 21.2 Å². The maximum absolute atomic E-state index is 12.1. The molecule has 110 valence electrons. The Morgan fingerprint density at radius 2 is 2.00 bits per heavy atom. The number of nitrogens with one attached hydrogen (secondary N) is 1. The summed E-state index contributed by atoms with van der Waals surface area (Å²) in [7, 11) is -4.01. The number of aromatic carboxylic acids is 1. The van der Waals surface area contributed by atoms with Gasteiger partial charge in [0.2, 0.25) is 5.91 Å². The Kier molecular flexibility index (Phi) is 5.70. The predicted molar refractivity (Wildman–Crippen MR) is 76.5 cm³/mol. The minimum Gasteiger partial charge on any atom is -0.478 e. The topological polar surface area (TPSA) is 101 Å². The molecule has 20 heavy (non-hydrogen) atoms. The zero-order valence-electron chi connectivity index (χ0n) is 10.7. The van der Waals surface area contributed by atoms with E-state index in [-0.39, 0.29) is 10.5 Å². The Bertz CT molecular complexity index is 627. The summed E-state index contributed by atoms with van der Waals surface area (Å²) >= 11 is 3.09. The van der Waals surface area contributed by atoms with E-state index in [0.717, 1.165) is 0 Å². The number of halogens is 1. The number of carbonyl (C=O) groups excluding carboxylic acids is 1. The minimum absolute atomic E-state index is 0.350. The van der Waals surface area contributed by atoms with Crippen LogP contribution < -0.4 is 5.32 Å². The van der Waals surface area contributed by atoms with Gasteiger partial charge in [-0.25, -0.2) is 13.2 Å². The highest BCUT2D eigenvalue weighted by Crippen LogP contribution is 2.22. The lowest BCUT2D eigenvalue weighted by Gasteiger charge is -2.08. The number of carboxylic acids is 1. The average molecular weight is 364 g/mol. The second-order valence-electron chi connectivity index (χ2n) is 4.05. The third-order valence-electron chi connectivity index (χ3n) is 2.40. The second kappa shape index (κ2) is 6.85. The fraction of sp³-hybridized carbons (Fsp3) is 0.333. The maximum Gasteiger partial charge on any atom is 0.337 e. The summed E-state index contributed by atoms with van der Waals surface area (Å²) in [5, 5.41) is 11.5. The minimum atomic E-state index is -4.01. The molecule has 1 aromatic carbocycles. The summed E-state index contributed by atoms with van der Waals surface area (Å²) in [6.45, 7) is 2.21. The standard InChI is InChI=1S/C12H14BrNO5S/c1-2-5-14-11(15)7-20(18,19)10-6-8(13)3-4-9(10)12(16)17/h3-4,6H,2,5,7H2,1H3,(H,14,15)(H,16,17). The zero-order chi connectivity index (χ0) is 15.3. The van der Waals surface area contributed by atoms with Gasteiger partial charge in [-0.05, 0) is 24.6 Å². The van der Waals surface area contributed by atoms with Crippen LogP contribution in [0.25, 0.3) is 0 Å². The van der Waals surface area contributed by atoms with Crippen molar-refractivity contribution in [1.29, 1.82) is 0 Å². The monoisotopic (exact) mass is 363 g/mol. The Morgan fingerprint density at radius 1 is 1.35 bits per heavy atom. The predicted octanol–water partition coefficient (Wildman–Crippen LogP) is 1.45. The van der Waals surface area contributed by atoms with Gasteiger partial charge >= 0.3 is 5.97 Å². The molecule has 1 amide bonds. The molecule has 0 aliphatic carbocycles. The van der Waals surface area contributed by atoms with E-state index in [1.54, 1.807) is 0 Å². The van der Waals surface area contributed by atoms with Crippen LogP contribution in [0.5, 0.6) is 0 Å². The van der Waals surface area contributed by atoms with Gasteiger partial charge in [0.15, 0.2) is 9.84 Å². The lowest BCUT2D eigenvalue weighted by Crippen LogP contribution is -2.31. The summed E-state index contributed by atoms with van der Waals surface area (Å²) in [5.74, 6) is -2.78. The quantitative estimate of drug-likeness (QED) is 0.796. The molecule has 0 fully saturated rings. The van der Waals surface area contributed by atoms with Crippen LogP contribution >= 0.6 is 15.9 Å². The van der Waals surface area contributed by atoms with Crippen molar-refractivity contribution >= 4 is 37.6 Å². The third-order valence-corrected chi connectivity index (χ3v) is 4.55. The van der Waals surface area contributed by atoms with E-state index in [1.807, 2.05) is 6.92 Å². The van der Waals surface area contributed by atoms with Crippen LogP contribution in [0.2, 0.25) is 0 Å². The first-order chi connectivity index (χ1) is 9.27. The van der Waals surface area contributed by atoms with E-state index in [0.29, 0.717) is 17.4 Å². The normalized spacial score (nSPS) is 11.1. The Hall–Kier alpha value is -1.41.